The highest BCUT2D eigenvalue weighted by Crippen LogP contribution is 2.33. The second-order valence-corrected chi connectivity index (χ2v) is 4.83. The fourth-order valence-electron chi connectivity index (χ4n) is 2.13. The Bertz CT molecular complexity index is 679. The van der Waals surface area contributed by atoms with Crippen LogP contribution < -0.4 is 24.8 Å². The van der Waals surface area contributed by atoms with Crippen molar-refractivity contribution in [1.29, 1.82) is 0 Å². The van der Waals surface area contributed by atoms with E-state index in [0.29, 0.717) is 28.5 Å². The van der Waals surface area contributed by atoms with Crippen molar-refractivity contribution in [3.8, 4) is 17.2 Å². The molecule has 2 rings (SSSR count). The molecule has 0 spiro atoms. The SMILES string of the molecule is COc1cc(OC)c(CNC(=O)Nc2ccc(F)cc2)c(OC)c1. The molecule has 0 saturated heterocycles. The molecule has 2 aromatic rings. The van der Waals surface area contributed by atoms with E-state index < -0.39 is 6.03 Å². The van der Waals surface area contributed by atoms with Crippen LogP contribution in [0.2, 0.25) is 0 Å². The van der Waals surface area contributed by atoms with Crippen LogP contribution in [0.4, 0.5) is 14.9 Å². The lowest BCUT2D eigenvalue weighted by atomic mass is 10.1. The zero-order valence-electron chi connectivity index (χ0n) is 13.7. The standard InChI is InChI=1S/C17H19FN2O4/c1-22-13-8-15(23-2)14(16(9-13)24-3)10-19-17(21)20-12-6-4-11(18)5-7-12/h4-9H,10H2,1-3H3,(H2,19,20,21). The first-order valence-corrected chi connectivity index (χ1v) is 7.16. The summed E-state index contributed by atoms with van der Waals surface area (Å²) < 4.78 is 28.7. The Morgan fingerprint density at radius 1 is 1.00 bits per heavy atom. The molecule has 2 aromatic carbocycles. The number of carbonyl (C=O) groups is 1. The molecule has 0 unspecified atom stereocenters. The van der Waals surface area contributed by atoms with E-state index in [9.17, 15) is 9.18 Å². The minimum atomic E-state index is -0.429. The molecule has 0 bridgehead atoms. The molecule has 0 aliphatic rings. The molecule has 0 fully saturated rings. The van der Waals surface area contributed by atoms with Crippen molar-refractivity contribution in [3.63, 3.8) is 0 Å². The van der Waals surface area contributed by atoms with Crippen LogP contribution in [0.3, 0.4) is 0 Å². The minimum absolute atomic E-state index is 0.184. The first-order chi connectivity index (χ1) is 11.6. The lowest BCUT2D eigenvalue weighted by Crippen LogP contribution is -2.28. The van der Waals surface area contributed by atoms with Crippen LogP contribution in [0, 0.1) is 5.82 Å². The zero-order chi connectivity index (χ0) is 17.5. The Hall–Kier alpha value is -2.96. The first kappa shape index (κ1) is 17.4. The maximum atomic E-state index is 12.9. The van der Waals surface area contributed by atoms with Gasteiger partial charge in [0, 0.05) is 17.8 Å². The molecule has 7 heteroatoms. The van der Waals surface area contributed by atoms with Crippen LogP contribution in [0.1, 0.15) is 5.56 Å². The molecule has 0 heterocycles. The van der Waals surface area contributed by atoms with Gasteiger partial charge in [-0.25, -0.2) is 9.18 Å². The van der Waals surface area contributed by atoms with Gasteiger partial charge >= 0.3 is 6.03 Å². The van der Waals surface area contributed by atoms with Gasteiger partial charge in [-0.1, -0.05) is 0 Å². The smallest absolute Gasteiger partial charge is 0.319 e. The number of amides is 2. The van der Waals surface area contributed by atoms with Gasteiger partial charge in [-0.2, -0.15) is 0 Å². The number of carbonyl (C=O) groups excluding carboxylic acids is 1. The molecule has 2 N–H and O–H groups in total. The van der Waals surface area contributed by atoms with Crippen LogP contribution in [-0.2, 0) is 6.54 Å². The van der Waals surface area contributed by atoms with Crippen molar-refractivity contribution in [3.05, 3.63) is 47.8 Å². The van der Waals surface area contributed by atoms with Gasteiger partial charge in [0.2, 0.25) is 0 Å². The normalized spacial score (nSPS) is 10.0. The van der Waals surface area contributed by atoms with E-state index >= 15 is 0 Å². The third-order valence-corrected chi connectivity index (χ3v) is 3.34. The maximum Gasteiger partial charge on any atom is 0.319 e. The van der Waals surface area contributed by atoms with Crippen molar-refractivity contribution < 1.29 is 23.4 Å². The van der Waals surface area contributed by atoms with Crippen molar-refractivity contribution in [2.45, 2.75) is 6.54 Å². The average molecular weight is 334 g/mol. The summed E-state index contributed by atoms with van der Waals surface area (Å²) in [6.45, 7) is 0.184. The highest BCUT2D eigenvalue weighted by atomic mass is 19.1. The summed E-state index contributed by atoms with van der Waals surface area (Å²) in [6, 6.07) is 8.47. The zero-order valence-corrected chi connectivity index (χ0v) is 13.7. The largest absolute Gasteiger partial charge is 0.496 e. The predicted molar refractivity (Wildman–Crippen MR) is 88.4 cm³/mol. The fraction of sp³-hybridized carbons (Fsp3) is 0.235. The number of rotatable bonds is 6. The molecule has 128 valence electrons. The van der Waals surface area contributed by atoms with Gasteiger partial charge < -0.3 is 24.8 Å². The molecule has 0 aliphatic carbocycles. The monoisotopic (exact) mass is 334 g/mol. The Labute approximate surface area is 139 Å². The molecule has 0 saturated carbocycles. The second-order valence-electron chi connectivity index (χ2n) is 4.83. The number of nitrogens with one attached hydrogen (secondary N) is 2. The van der Waals surface area contributed by atoms with E-state index in [2.05, 4.69) is 10.6 Å². The van der Waals surface area contributed by atoms with Gasteiger partial charge in [0.05, 0.1) is 33.4 Å². The van der Waals surface area contributed by atoms with Gasteiger partial charge in [0.25, 0.3) is 0 Å². The van der Waals surface area contributed by atoms with Crippen LogP contribution >= 0.6 is 0 Å². The van der Waals surface area contributed by atoms with Gasteiger partial charge in [0.15, 0.2) is 0 Å². The Morgan fingerprint density at radius 3 is 2.08 bits per heavy atom. The molecule has 2 amide bonds. The summed E-state index contributed by atoms with van der Waals surface area (Å²) in [5.74, 6) is 1.29. The van der Waals surface area contributed by atoms with Crippen molar-refractivity contribution >= 4 is 11.7 Å². The van der Waals surface area contributed by atoms with Gasteiger partial charge in [-0.3, -0.25) is 0 Å². The molecular formula is C17H19FN2O4. The van der Waals surface area contributed by atoms with Gasteiger partial charge in [0.1, 0.15) is 23.1 Å². The van der Waals surface area contributed by atoms with Crippen LogP contribution in [0.15, 0.2) is 36.4 Å². The van der Waals surface area contributed by atoms with Gasteiger partial charge in [-0.05, 0) is 24.3 Å². The number of anilines is 1. The molecule has 24 heavy (non-hydrogen) atoms. The van der Waals surface area contributed by atoms with E-state index in [1.54, 1.807) is 19.2 Å². The lowest BCUT2D eigenvalue weighted by molar-refractivity contribution is 0.251. The summed E-state index contributed by atoms with van der Waals surface area (Å²) in [4.78, 5) is 12.0. The number of halogens is 1. The van der Waals surface area contributed by atoms with E-state index in [-0.39, 0.29) is 12.4 Å². The minimum Gasteiger partial charge on any atom is -0.496 e. The summed E-state index contributed by atoms with van der Waals surface area (Å²) in [6.07, 6.45) is 0. The molecule has 6 nitrogen and oxygen atoms in total. The molecule has 0 radical (unpaired) electrons. The summed E-state index contributed by atoms with van der Waals surface area (Å²) in [5.41, 5.74) is 1.16. The topological polar surface area (TPSA) is 68.8 Å². The summed E-state index contributed by atoms with van der Waals surface area (Å²) in [7, 11) is 4.59. The maximum absolute atomic E-state index is 12.9. The number of urea groups is 1. The van der Waals surface area contributed by atoms with E-state index in [1.807, 2.05) is 0 Å². The molecular weight excluding hydrogens is 315 g/mol. The van der Waals surface area contributed by atoms with Crippen LogP contribution in [-0.4, -0.2) is 27.4 Å². The predicted octanol–water partition coefficient (Wildman–Crippen LogP) is 3.17. The lowest BCUT2D eigenvalue weighted by Gasteiger charge is -2.15. The number of ether oxygens (including phenoxy) is 3. The number of methoxy groups -OCH3 is 3. The number of benzene rings is 2. The fourth-order valence-corrected chi connectivity index (χ4v) is 2.13. The van der Waals surface area contributed by atoms with Gasteiger partial charge in [-0.15, -0.1) is 0 Å². The van der Waals surface area contributed by atoms with Crippen LogP contribution in [0.5, 0.6) is 17.2 Å². The van der Waals surface area contributed by atoms with Crippen molar-refractivity contribution in [2.75, 3.05) is 26.6 Å². The Balaban J connectivity index is 2.07. The van der Waals surface area contributed by atoms with E-state index in [0.717, 1.165) is 0 Å². The third kappa shape index (κ3) is 4.28. The highest BCUT2D eigenvalue weighted by Gasteiger charge is 2.14. The second kappa shape index (κ2) is 8.05. The third-order valence-electron chi connectivity index (χ3n) is 3.34. The summed E-state index contributed by atoms with van der Waals surface area (Å²) >= 11 is 0. The quantitative estimate of drug-likeness (QED) is 0.851. The molecule has 0 aromatic heterocycles. The van der Waals surface area contributed by atoms with Crippen LogP contribution in [0.25, 0.3) is 0 Å². The summed E-state index contributed by atoms with van der Waals surface area (Å²) in [5, 5.41) is 5.32. The highest BCUT2D eigenvalue weighted by molar-refractivity contribution is 5.89. The Morgan fingerprint density at radius 2 is 1.58 bits per heavy atom. The van der Waals surface area contributed by atoms with E-state index in [1.165, 1.54) is 38.5 Å². The molecule has 0 atom stereocenters. The number of hydrogen-bond donors (Lipinski definition) is 2. The average Bonchev–Trinajstić information content (AvgIpc) is 2.61. The Kier molecular flexibility index (Phi) is 5.83. The van der Waals surface area contributed by atoms with E-state index in [4.69, 9.17) is 14.2 Å². The van der Waals surface area contributed by atoms with Crippen molar-refractivity contribution in [1.82, 2.24) is 5.32 Å². The van der Waals surface area contributed by atoms with Crippen molar-refractivity contribution in [2.24, 2.45) is 0 Å². The number of hydrogen-bond acceptors (Lipinski definition) is 4. The first-order valence-electron chi connectivity index (χ1n) is 7.16. The molecule has 0 aliphatic heterocycles.